The number of fused-ring (bicyclic) bond motifs is 2. The summed E-state index contributed by atoms with van der Waals surface area (Å²) in [4.78, 5) is 6.60. The molecule has 3 aliphatic rings. The predicted molar refractivity (Wildman–Crippen MR) is 129 cm³/mol. The zero-order valence-corrected chi connectivity index (χ0v) is 20.0. The molecule has 2 aliphatic heterocycles. The molecule has 1 saturated carbocycles. The molecule has 0 radical (unpaired) electrons. The molecule has 2 N–H and O–H groups in total. The predicted octanol–water partition coefficient (Wildman–Crippen LogP) is 3.61. The number of halogens is 1. The summed E-state index contributed by atoms with van der Waals surface area (Å²) in [6.07, 6.45) is 6.40. The zero-order valence-electron chi connectivity index (χ0n) is 19.2. The van der Waals surface area contributed by atoms with Crippen LogP contribution >= 0.6 is 11.3 Å². The Bertz CT molecular complexity index is 1290. The summed E-state index contributed by atoms with van der Waals surface area (Å²) in [5.74, 6) is 0.851. The Balaban J connectivity index is 1.26. The SMILES string of the molecule is C[C@@]12CCC[C@H](C[C@H](N(c3cnc(-c4ccc(-c5nnc(C#N)s5)cc4O)nn3)C3CC3)[C@@H]1F)N2. The van der Waals surface area contributed by atoms with Crippen molar-refractivity contribution < 1.29 is 9.50 Å². The van der Waals surface area contributed by atoms with Crippen molar-refractivity contribution in [3.8, 4) is 33.8 Å². The first-order chi connectivity index (χ1) is 16.9. The molecule has 11 heteroatoms. The second kappa shape index (κ2) is 8.46. The van der Waals surface area contributed by atoms with E-state index >= 15 is 4.39 Å². The number of alkyl halides is 1. The molecule has 0 spiro atoms. The van der Waals surface area contributed by atoms with E-state index in [0.29, 0.717) is 28.0 Å². The number of rotatable bonds is 5. The number of aromatic hydroxyl groups is 1. The molecule has 3 aromatic rings. The van der Waals surface area contributed by atoms with Gasteiger partial charge in [0.15, 0.2) is 11.6 Å². The van der Waals surface area contributed by atoms with Gasteiger partial charge in [0.25, 0.3) is 0 Å². The van der Waals surface area contributed by atoms with E-state index in [1.165, 1.54) is 0 Å². The number of nitriles is 1. The molecule has 2 bridgehead atoms. The lowest BCUT2D eigenvalue weighted by molar-refractivity contribution is 0.0385. The third kappa shape index (κ3) is 4.00. The number of nitrogens with zero attached hydrogens (tertiary/aromatic N) is 7. The number of aromatic nitrogens is 5. The van der Waals surface area contributed by atoms with Gasteiger partial charge in [-0.15, -0.1) is 20.4 Å². The summed E-state index contributed by atoms with van der Waals surface area (Å²) < 4.78 is 15.8. The summed E-state index contributed by atoms with van der Waals surface area (Å²) >= 11 is 1.15. The lowest BCUT2D eigenvalue weighted by Gasteiger charge is -2.52. The maximum absolute atomic E-state index is 15.8. The summed E-state index contributed by atoms with van der Waals surface area (Å²) in [7, 11) is 0. The zero-order chi connectivity index (χ0) is 24.2. The third-order valence-corrected chi connectivity index (χ3v) is 8.25. The second-order valence-electron chi connectivity index (χ2n) is 9.89. The van der Waals surface area contributed by atoms with E-state index in [4.69, 9.17) is 5.26 Å². The minimum atomic E-state index is -1.00. The van der Waals surface area contributed by atoms with Gasteiger partial charge in [0, 0.05) is 23.2 Å². The Hall–Kier alpha value is -3.23. The lowest BCUT2D eigenvalue weighted by atomic mass is 9.73. The summed E-state index contributed by atoms with van der Waals surface area (Å²) in [6.45, 7) is 2.00. The average Bonchev–Trinajstić information content (AvgIpc) is 3.57. The highest BCUT2D eigenvalue weighted by atomic mass is 32.1. The van der Waals surface area contributed by atoms with Crippen molar-refractivity contribution in [3.63, 3.8) is 0 Å². The van der Waals surface area contributed by atoms with E-state index in [2.05, 4.69) is 35.6 Å². The van der Waals surface area contributed by atoms with Crippen LogP contribution in [-0.4, -0.2) is 60.3 Å². The molecule has 2 saturated heterocycles. The molecule has 9 nitrogen and oxygen atoms in total. The summed E-state index contributed by atoms with van der Waals surface area (Å²) in [5, 5.41) is 40.4. The number of hydrogen-bond acceptors (Lipinski definition) is 10. The quantitative estimate of drug-likeness (QED) is 0.549. The van der Waals surface area contributed by atoms with Crippen LogP contribution in [0.1, 0.15) is 50.5 Å². The Morgan fingerprint density at radius 2 is 2.09 bits per heavy atom. The van der Waals surface area contributed by atoms with Crippen molar-refractivity contribution in [3.05, 3.63) is 29.4 Å². The minimum Gasteiger partial charge on any atom is -0.507 e. The number of benzene rings is 1. The van der Waals surface area contributed by atoms with E-state index in [-0.39, 0.29) is 28.7 Å². The largest absolute Gasteiger partial charge is 0.507 e. The summed E-state index contributed by atoms with van der Waals surface area (Å²) in [5.41, 5.74) is 0.575. The third-order valence-electron chi connectivity index (χ3n) is 7.37. The summed E-state index contributed by atoms with van der Waals surface area (Å²) in [6, 6.07) is 7.30. The van der Waals surface area contributed by atoms with Gasteiger partial charge in [-0.25, -0.2) is 9.37 Å². The van der Waals surface area contributed by atoms with Gasteiger partial charge in [0.05, 0.1) is 17.8 Å². The van der Waals surface area contributed by atoms with E-state index in [0.717, 1.165) is 49.9 Å². The van der Waals surface area contributed by atoms with Gasteiger partial charge in [0.1, 0.15) is 23.0 Å². The van der Waals surface area contributed by atoms with E-state index in [9.17, 15) is 5.11 Å². The van der Waals surface area contributed by atoms with Crippen molar-refractivity contribution in [1.82, 2.24) is 30.7 Å². The molecule has 1 aromatic carbocycles. The van der Waals surface area contributed by atoms with E-state index < -0.39 is 11.7 Å². The van der Waals surface area contributed by atoms with Crippen LogP contribution < -0.4 is 10.2 Å². The minimum absolute atomic E-state index is 0.0206. The first kappa shape index (κ1) is 22.2. The van der Waals surface area contributed by atoms with E-state index in [1.54, 1.807) is 24.4 Å². The average molecular weight is 493 g/mol. The van der Waals surface area contributed by atoms with Gasteiger partial charge in [0.2, 0.25) is 5.01 Å². The van der Waals surface area contributed by atoms with Crippen molar-refractivity contribution in [2.75, 3.05) is 4.90 Å². The van der Waals surface area contributed by atoms with Gasteiger partial charge in [-0.1, -0.05) is 17.4 Å². The lowest BCUT2D eigenvalue weighted by Crippen LogP contribution is -2.69. The fourth-order valence-corrected chi connectivity index (χ4v) is 6.18. The molecule has 0 unspecified atom stereocenters. The first-order valence-corrected chi connectivity index (χ1v) is 12.7. The molecule has 4 atom stereocenters. The van der Waals surface area contributed by atoms with Crippen LogP contribution in [0.4, 0.5) is 10.2 Å². The smallest absolute Gasteiger partial charge is 0.218 e. The highest BCUT2D eigenvalue weighted by molar-refractivity contribution is 7.15. The topological polar surface area (TPSA) is 124 Å². The fraction of sp³-hybridized carbons (Fsp3) is 0.500. The first-order valence-electron chi connectivity index (χ1n) is 11.9. The normalized spacial score (nSPS) is 27.9. The highest BCUT2D eigenvalue weighted by Gasteiger charge is 2.52. The Morgan fingerprint density at radius 3 is 2.77 bits per heavy atom. The number of hydrogen-bond donors (Lipinski definition) is 2. The van der Waals surface area contributed by atoms with Gasteiger partial charge in [-0.2, -0.15) is 5.26 Å². The number of piperidine rings is 2. The molecule has 0 amide bonds. The maximum atomic E-state index is 15.8. The molecular formula is C24H25FN8OS. The van der Waals surface area contributed by atoms with Gasteiger partial charge >= 0.3 is 0 Å². The van der Waals surface area contributed by atoms with Gasteiger partial charge in [-0.3, -0.25) is 0 Å². The molecule has 3 fully saturated rings. The van der Waals surface area contributed by atoms with Crippen molar-refractivity contribution >= 4 is 17.2 Å². The molecular weight excluding hydrogens is 467 g/mol. The van der Waals surface area contributed by atoms with Crippen LogP contribution in [0.3, 0.4) is 0 Å². The van der Waals surface area contributed by atoms with Gasteiger partial charge < -0.3 is 15.3 Å². The molecule has 1 aliphatic carbocycles. The number of nitrogens with one attached hydrogen (secondary N) is 1. The van der Waals surface area contributed by atoms with Crippen molar-refractivity contribution in [2.45, 2.75) is 75.3 Å². The van der Waals surface area contributed by atoms with E-state index in [1.807, 2.05) is 13.0 Å². The molecule has 2 aromatic heterocycles. The van der Waals surface area contributed by atoms with Crippen LogP contribution in [0, 0.1) is 11.3 Å². The van der Waals surface area contributed by atoms with Crippen LogP contribution in [0.5, 0.6) is 5.75 Å². The standard InChI is InChI=1S/C24H25FN8OS/c1-24-8-2-3-14(28-24)10-17(21(24)25)33(15-5-6-15)19-12-27-22(31-29-19)16-7-4-13(9-18(16)34)23-32-30-20(11-26)35-23/h4,7,9,12,14-15,17,21,28,34H,2-3,5-6,8,10H2,1H3/t14-,17+,21+,24-/m1/s1. The van der Waals surface area contributed by atoms with Crippen molar-refractivity contribution in [1.29, 1.82) is 5.26 Å². The fourth-order valence-electron chi connectivity index (χ4n) is 5.54. The monoisotopic (exact) mass is 492 g/mol. The Labute approximate surface area is 206 Å². The molecule has 4 heterocycles. The second-order valence-corrected chi connectivity index (χ2v) is 10.9. The highest BCUT2D eigenvalue weighted by Crippen LogP contribution is 2.43. The van der Waals surface area contributed by atoms with Crippen LogP contribution in [0.25, 0.3) is 22.0 Å². The maximum Gasteiger partial charge on any atom is 0.218 e. The van der Waals surface area contributed by atoms with Crippen LogP contribution in [-0.2, 0) is 0 Å². The number of anilines is 1. The molecule has 180 valence electrons. The van der Waals surface area contributed by atoms with Gasteiger partial charge in [-0.05, 0) is 57.6 Å². The van der Waals surface area contributed by atoms with Crippen molar-refractivity contribution in [2.24, 2.45) is 0 Å². The molecule has 6 rings (SSSR count). The molecule has 35 heavy (non-hydrogen) atoms. The Morgan fingerprint density at radius 1 is 1.23 bits per heavy atom. The number of phenols is 1. The Kier molecular flexibility index (Phi) is 5.38. The van der Waals surface area contributed by atoms with Crippen LogP contribution in [0.2, 0.25) is 0 Å². The number of phenolic OH excluding ortho intramolecular Hbond substituents is 1. The van der Waals surface area contributed by atoms with Crippen LogP contribution in [0.15, 0.2) is 24.4 Å².